The predicted octanol–water partition coefficient (Wildman–Crippen LogP) is 1.32. The van der Waals surface area contributed by atoms with Gasteiger partial charge in [0.05, 0.1) is 6.10 Å². The van der Waals surface area contributed by atoms with Gasteiger partial charge in [-0.25, -0.2) is 0 Å². The number of nitrogens with zero attached hydrogens (tertiary/aromatic N) is 1. The minimum absolute atomic E-state index is 0.155. The average molecular weight is 262 g/mol. The second-order valence-electron chi connectivity index (χ2n) is 5.12. The second kappa shape index (κ2) is 6.68. The summed E-state index contributed by atoms with van der Waals surface area (Å²) in [6, 6.07) is 10.1. The molecule has 1 aliphatic heterocycles. The first-order chi connectivity index (χ1) is 9.16. The molecule has 1 fully saturated rings. The van der Waals surface area contributed by atoms with Crippen LogP contribution >= 0.6 is 0 Å². The topological polar surface area (TPSA) is 52.6 Å². The van der Waals surface area contributed by atoms with Crippen LogP contribution in [0, 0.1) is 0 Å². The maximum Gasteiger partial charge on any atom is 0.219 e. The van der Waals surface area contributed by atoms with Crippen LogP contribution in [0.5, 0.6) is 0 Å². The van der Waals surface area contributed by atoms with Crippen molar-refractivity contribution >= 4 is 5.91 Å². The molecule has 1 amide bonds. The molecule has 2 rings (SSSR count). The van der Waals surface area contributed by atoms with Crippen LogP contribution in [0.3, 0.4) is 0 Å². The van der Waals surface area contributed by atoms with Gasteiger partial charge in [0.2, 0.25) is 5.91 Å². The lowest BCUT2D eigenvalue weighted by Crippen LogP contribution is -2.45. The Morgan fingerprint density at radius 3 is 2.58 bits per heavy atom. The van der Waals surface area contributed by atoms with Gasteiger partial charge in [-0.2, -0.15) is 0 Å². The summed E-state index contributed by atoms with van der Waals surface area (Å²) < 4.78 is 0. The maximum absolute atomic E-state index is 11.2. The van der Waals surface area contributed by atoms with Crippen LogP contribution in [-0.4, -0.2) is 41.6 Å². The highest BCUT2D eigenvalue weighted by molar-refractivity contribution is 5.73. The third-order valence-corrected chi connectivity index (χ3v) is 3.72. The number of amides is 1. The Hall–Kier alpha value is -1.39. The number of aliphatic hydroxyl groups is 1. The van der Waals surface area contributed by atoms with Gasteiger partial charge < -0.3 is 15.3 Å². The second-order valence-corrected chi connectivity index (χ2v) is 5.12. The fraction of sp³-hybridized carbons (Fsp3) is 0.533. The molecule has 0 aromatic heterocycles. The van der Waals surface area contributed by atoms with E-state index in [4.69, 9.17) is 0 Å². The van der Waals surface area contributed by atoms with E-state index in [2.05, 4.69) is 5.32 Å². The summed E-state index contributed by atoms with van der Waals surface area (Å²) in [5.41, 5.74) is 0.941. The molecular weight excluding hydrogens is 240 g/mol. The Labute approximate surface area is 114 Å². The van der Waals surface area contributed by atoms with Crippen molar-refractivity contribution in [1.29, 1.82) is 0 Å². The number of carbonyl (C=O) groups is 1. The molecule has 19 heavy (non-hydrogen) atoms. The maximum atomic E-state index is 11.2. The number of likely N-dealkylation sites (tertiary alicyclic amines) is 1. The molecule has 1 atom stereocenters. The van der Waals surface area contributed by atoms with Gasteiger partial charge in [0.1, 0.15) is 0 Å². The van der Waals surface area contributed by atoms with Gasteiger partial charge in [0.25, 0.3) is 0 Å². The molecule has 0 bridgehead atoms. The number of rotatable bonds is 4. The highest BCUT2D eigenvalue weighted by Gasteiger charge is 2.20. The van der Waals surface area contributed by atoms with Gasteiger partial charge in [0.15, 0.2) is 0 Å². The van der Waals surface area contributed by atoms with E-state index in [1.807, 2.05) is 35.2 Å². The lowest BCUT2D eigenvalue weighted by atomic mass is 10.0. The van der Waals surface area contributed by atoms with E-state index >= 15 is 0 Å². The zero-order valence-corrected chi connectivity index (χ0v) is 11.4. The summed E-state index contributed by atoms with van der Waals surface area (Å²) in [6.07, 6.45) is 1.45. The number of benzene rings is 1. The molecule has 1 saturated heterocycles. The SMILES string of the molecule is CC(=O)N1CCC(NCC(O)c2ccccc2)CC1. The van der Waals surface area contributed by atoms with Crippen LogP contribution in [0.4, 0.5) is 0 Å². The third-order valence-electron chi connectivity index (χ3n) is 3.72. The Kier molecular flexibility index (Phi) is 4.93. The predicted molar refractivity (Wildman–Crippen MR) is 74.7 cm³/mol. The van der Waals surface area contributed by atoms with Crippen molar-refractivity contribution in [3.63, 3.8) is 0 Å². The summed E-state index contributed by atoms with van der Waals surface area (Å²) in [5.74, 6) is 0.155. The largest absolute Gasteiger partial charge is 0.387 e. The van der Waals surface area contributed by atoms with E-state index in [1.54, 1.807) is 6.92 Å². The Morgan fingerprint density at radius 2 is 2.00 bits per heavy atom. The molecular formula is C15H22N2O2. The molecule has 0 saturated carbocycles. The van der Waals surface area contributed by atoms with Gasteiger partial charge in [-0.05, 0) is 18.4 Å². The lowest BCUT2D eigenvalue weighted by Gasteiger charge is -2.32. The molecule has 1 aromatic rings. The number of carbonyl (C=O) groups excluding carboxylic acids is 1. The monoisotopic (exact) mass is 262 g/mol. The summed E-state index contributed by atoms with van der Waals surface area (Å²) in [4.78, 5) is 13.1. The lowest BCUT2D eigenvalue weighted by molar-refractivity contribution is -0.129. The number of aliphatic hydroxyl groups excluding tert-OH is 1. The quantitative estimate of drug-likeness (QED) is 0.860. The highest BCUT2D eigenvalue weighted by Crippen LogP contribution is 2.14. The molecule has 4 nitrogen and oxygen atoms in total. The van der Waals surface area contributed by atoms with Crippen molar-refractivity contribution in [2.24, 2.45) is 0 Å². The molecule has 1 aromatic carbocycles. The molecule has 2 N–H and O–H groups in total. The van der Waals surface area contributed by atoms with Crippen LogP contribution in [-0.2, 0) is 4.79 Å². The molecule has 1 heterocycles. The molecule has 0 spiro atoms. The van der Waals surface area contributed by atoms with Crippen molar-refractivity contribution in [3.05, 3.63) is 35.9 Å². The first-order valence-corrected chi connectivity index (χ1v) is 6.88. The van der Waals surface area contributed by atoms with Crippen molar-refractivity contribution < 1.29 is 9.90 Å². The molecule has 0 aliphatic carbocycles. The highest BCUT2D eigenvalue weighted by atomic mass is 16.3. The summed E-state index contributed by atoms with van der Waals surface area (Å²) >= 11 is 0. The average Bonchev–Trinajstić information content (AvgIpc) is 2.46. The van der Waals surface area contributed by atoms with Crippen molar-refractivity contribution in [2.75, 3.05) is 19.6 Å². The van der Waals surface area contributed by atoms with Gasteiger partial charge in [-0.15, -0.1) is 0 Å². The zero-order valence-electron chi connectivity index (χ0n) is 11.4. The van der Waals surface area contributed by atoms with E-state index < -0.39 is 6.10 Å². The first-order valence-electron chi connectivity index (χ1n) is 6.88. The van der Waals surface area contributed by atoms with E-state index in [1.165, 1.54) is 0 Å². The Bertz CT molecular complexity index is 400. The van der Waals surface area contributed by atoms with Gasteiger partial charge in [-0.3, -0.25) is 4.79 Å². The smallest absolute Gasteiger partial charge is 0.219 e. The Morgan fingerprint density at radius 1 is 1.37 bits per heavy atom. The van der Waals surface area contributed by atoms with Gasteiger partial charge >= 0.3 is 0 Å². The molecule has 1 aliphatic rings. The van der Waals surface area contributed by atoms with E-state index in [0.717, 1.165) is 31.5 Å². The van der Waals surface area contributed by atoms with E-state index in [-0.39, 0.29) is 5.91 Å². The van der Waals surface area contributed by atoms with Crippen molar-refractivity contribution in [3.8, 4) is 0 Å². The van der Waals surface area contributed by atoms with Crippen LogP contribution in [0.2, 0.25) is 0 Å². The third kappa shape index (κ3) is 4.04. The van der Waals surface area contributed by atoms with Crippen molar-refractivity contribution in [1.82, 2.24) is 10.2 Å². The van der Waals surface area contributed by atoms with Crippen molar-refractivity contribution in [2.45, 2.75) is 31.9 Å². The van der Waals surface area contributed by atoms with Crippen LogP contribution in [0.25, 0.3) is 0 Å². The number of hydrogen-bond donors (Lipinski definition) is 2. The molecule has 104 valence electrons. The minimum atomic E-state index is -0.466. The number of hydrogen-bond acceptors (Lipinski definition) is 3. The fourth-order valence-corrected chi connectivity index (χ4v) is 2.47. The Balaban J connectivity index is 1.73. The van der Waals surface area contributed by atoms with Gasteiger partial charge in [-0.1, -0.05) is 30.3 Å². The fourth-order valence-electron chi connectivity index (χ4n) is 2.47. The van der Waals surface area contributed by atoms with Crippen LogP contribution in [0.1, 0.15) is 31.4 Å². The minimum Gasteiger partial charge on any atom is -0.387 e. The summed E-state index contributed by atoms with van der Waals surface area (Å²) in [6.45, 7) is 3.81. The molecule has 4 heteroatoms. The number of nitrogens with one attached hydrogen (secondary N) is 1. The van der Waals surface area contributed by atoms with Crippen LogP contribution in [0.15, 0.2) is 30.3 Å². The van der Waals surface area contributed by atoms with Crippen LogP contribution < -0.4 is 5.32 Å². The first kappa shape index (κ1) is 14.0. The zero-order chi connectivity index (χ0) is 13.7. The molecule has 1 unspecified atom stereocenters. The van der Waals surface area contributed by atoms with Gasteiger partial charge in [0, 0.05) is 32.6 Å². The standard InChI is InChI=1S/C15H22N2O2/c1-12(18)17-9-7-14(8-10-17)16-11-15(19)13-5-3-2-4-6-13/h2-6,14-16,19H,7-11H2,1H3. The molecule has 0 radical (unpaired) electrons. The van der Waals surface area contributed by atoms with E-state index in [9.17, 15) is 9.90 Å². The summed E-state index contributed by atoms with van der Waals surface area (Å²) in [7, 11) is 0. The normalized spacial score (nSPS) is 18.3. The summed E-state index contributed by atoms with van der Waals surface area (Å²) in [5, 5.41) is 13.5. The van der Waals surface area contributed by atoms with E-state index in [0.29, 0.717) is 12.6 Å². The number of piperidine rings is 1.